The van der Waals surface area contributed by atoms with Gasteiger partial charge in [-0.2, -0.15) is 0 Å². The average molecular weight is 345 g/mol. The zero-order chi connectivity index (χ0) is 17.6. The van der Waals surface area contributed by atoms with Crippen molar-refractivity contribution in [2.45, 2.75) is 24.9 Å². The number of nitrogens with one attached hydrogen (secondary N) is 1. The Hall–Kier alpha value is -2.46. The quantitative estimate of drug-likeness (QED) is 0.930. The highest BCUT2D eigenvalue weighted by Crippen LogP contribution is 2.49. The number of benzene rings is 2. The molecule has 132 valence electrons. The first-order valence-corrected chi connectivity index (χ1v) is 9.48. The topological polar surface area (TPSA) is 44.7 Å². The van der Waals surface area contributed by atoms with Crippen LogP contribution in [0.4, 0.5) is 0 Å². The molecule has 0 aromatic heterocycles. The Morgan fingerprint density at radius 2 is 1.77 bits per heavy atom. The second-order valence-corrected chi connectivity index (χ2v) is 7.79. The molecule has 1 saturated carbocycles. The second kappa shape index (κ2) is 6.06. The molecule has 2 heterocycles. The van der Waals surface area contributed by atoms with Crippen molar-refractivity contribution in [2.75, 3.05) is 13.1 Å². The van der Waals surface area contributed by atoms with E-state index in [9.17, 15) is 4.79 Å². The number of aliphatic imine (C=N–C) groups is 1. The van der Waals surface area contributed by atoms with E-state index in [1.165, 1.54) is 5.56 Å². The normalized spacial score (nSPS) is 30.5. The van der Waals surface area contributed by atoms with E-state index < -0.39 is 5.54 Å². The number of rotatable bonds is 3. The van der Waals surface area contributed by atoms with Crippen LogP contribution in [-0.2, 0) is 11.3 Å². The Labute approximate surface area is 153 Å². The van der Waals surface area contributed by atoms with E-state index in [2.05, 4.69) is 40.5 Å². The molecule has 0 bridgehead atoms. The van der Waals surface area contributed by atoms with Gasteiger partial charge in [-0.05, 0) is 24.3 Å². The van der Waals surface area contributed by atoms with Crippen molar-refractivity contribution in [1.29, 1.82) is 0 Å². The fraction of sp³-hybridized carbons (Fsp3) is 0.364. The lowest BCUT2D eigenvalue weighted by Crippen LogP contribution is -2.44. The summed E-state index contributed by atoms with van der Waals surface area (Å²) in [6.45, 7) is 2.99. The van der Waals surface area contributed by atoms with Crippen LogP contribution in [0.2, 0.25) is 0 Å². The zero-order valence-corrected chi connectivity index (χ0v) is 14.8. The standard InChI is InChI=1S/C22H23N3O/c26-21-22(24-20(23-21)17-9-5-2-6-10-17)12-11-18-14-25(15-19(18)22)13-16-7-3-1-4-8-16/h1-10,18-19H,11-15H2,(H,23,24,26)/t18-,19+,22-/m1/s1. The van der Waals surface area contributed by atoms with Crippen molar-refractivity contribution in [1.82, 2.24) is 10.2 Å². The molecule has 1 saturated heterocycles. The van der Waals surface area contributed by atoms with Crippen LogP contribution < -0.4 is 5.32 Å². The molecule has 2 fully saturated rings. The highest BCUT2D eigenvalue weighted by Gasteiger charge is 2.59. The number of hydrogen-bond donors (Lipinski definition) is 1. The molecule has 0 radical (unpaired) electrons. The monoisotopic (exact) mass is 345 g/mol. The zero-order valence-electron chi connectivity index (χ0n) is 14.8. The molecular formula is C22H23N3O. The first-order chi connectivity index (χ1) is 12.7. The Balaban J connectivity index is 1.39. The maximum absolute atomic E-state index is 12.9. The first-order valence-electron chi connectivity index (χ1n) is 9.48. The van der Waals surface area contributed by atoms with Crippen molar-refractivity contribution in [3.63, 3.8) is 0 Å². The van der Waals surface area contributed by atoms with E-state index >= 15 is 0 Å². The molecule has 3 aliphatic rings. The molecule has 5 rings (SSSR count). The van der Waals surface area contributed by atoms with Gasteiger partial charge in [-0.3, -0.25) is 14.7 Å². The van der Waals surface area contributed by atoms with Gasteiger partial charge in [0.05, 0.1) is 0 Å². The van der Waals surface area contributed by atoms with Gasteiger partial charge in [0.2, 0.25) is 0 Å². The third-order valence-corrected chi connectivity index (χ3v) is 6.26. The Morgan fingerprint density at radius 3 is 2.54 bits per heavy atom. The predicted octanol–water partition coefficient (Wildman–Crippen LogP) is 2.84. The van der Waals surface area contributed by atoms with Gasteiger partial charge < -0.3 is 5.32 Å². The van der Waals surface area contributed by atoms with E-state index in [0.29, 0.717) is 11.8 Å². The number of likely N-dealkylation sites (tertiary alicyclic amines) is 1. The molecule has 2 aliphatic heterocycles. The first kappa shape index (κ1) is 15.8. The van der Waals surface area contributed by atoms with Crippen molar-refractivity contribution in [2.24, 2.45) is 16.8 Å². The third-order valence-electron chi connectivity index (χ3n) is 6.26. The van der Waals surface area contributed by atoms with Crippen LogP contribution in [0.15, 0.2) is 65.7 Å². The summed E-state index contributed by atoms with van der Waals surface area (Å²) in [5.41, 5.74) is 1.78. The summed E-state index contributed by atoms with van der Waals surface area (Å²) in [6, 6.07) is 20.6. The van der Waals surface area contributed by atoms with E-state index in [1.54, 1.807) is 0 Å². The van der Waals surface area contributed by atoms with Crippen LogP contribution in [0.3, 0.4) is 0 Å². The molecule has 4 nitrogen and oxygen atoms in total. The third kappa shape index (κ3) is 2.48. The molecule has 4 heteroatoms. The fourth-order valence-electron chi connectivity index (χ4n) is 5.00. The molecule has 1 aliphatic carbocycles. The summed E-state index contributed by atoms with van der Waals surface area (Å²) in [5.74, 6) is 1.75. The predicted molar refractivity (Wildman–Crippen MR) is 102 cm³/mol. The molecule has 0 unspecified atom stereocenters. The van der Waals surface area contributed by atoms with Gasteiger partial charge in [0.1, 0.15) is 11.4 Å². The minimum Gasteiger partial charge on any atom is -0.308 e. The summed E-state index contributed by atoms with van der Waals surface area (Å²) in [5, 5.41) is 3.07. The van der Waals surface area contributed by atoms with E-state index in [1.807, 2.05) is 30.3 Å². The van der Waals surface area contributed by atoms with Gasteiger partial charge in [0.25, 0.3) is 5.91 Å². The largest absolute Gasteiger partial charge is 0.308 e. The van der Waals surface area contributed by atoms with Crippen LogP contribution in [0.25, 0.3) is 0 Å². The minimum absolute atomic E-state index is 0.102. The maximum Gasteiger partial charge on any atom is 0.253 e. The van der Waals surface area contributed by atoms with Gasteiger partial charge in [-0.15, -0.1) is 0 Å². The van der Waals surface area contributed by atoms with Gasteiger partial charge >= 0.3 is 0 Å². The minimum atomic E-state index is -0.554. The van der Waals surface area contributed by atoms with Crippen LogP contribution in [0.5, 0.6) is 0 Å². The van der Waals surface area contributed by atoms with Crippen LogP contribution in [0, 0.1) is 11.8 Å². The lowest BCUT2D eigenvalue weighted by molar-refractivity contribution is -0.125. The number of hydrogen-bond acceptors (Lipinski definition) is 3. The fourth-order valence-corrected chi connectivity index (χ4v) is 5.00. The van der Waals surface area contributed by atoms with E-state index in [0.717, 1.165) is 43.9 Å². The SMILES string of the molecule is O=C1NC(c2ccccc2)=N[C@@]12CC[C@@H]1CN(Cc3ccccc3)C[C@@H]12. The van der Waals surface area contributed by atoms with Crippen molar-refractivity contribution in [3.8, 4) is 0 Å². The van der Waals surface area contributed by atoms with Gasteiger partial charge in [0, 0.05) is 31.1 Å². The van der Waals surface area contributed by atoms with Gasteiger partial charge in [-0.25, -0.2) is 0 Å². The molecule has 3 atom stereocenters. The van der Waals surface area contributed by atoms with Gasteiger partial charge in [-0.1, -0.05) is 60.7 Å². The van der Waals surface area contributed by atoms with E-state index in [-0.39, 0.29) is 5.91 Å². The molecule has 1 N–H and O–H groups in total. The van der Waals surface area contributed by atoms with Crippen molar-refractivity contribution < 1.29 is 4.79 Å². The van der Waals surface area contributed by atoms with Crippen molar-refractivity contribution >= 4 is 11.7 Å². The molecule has 2 aromatic carbocycles. The van der Waals surface area contributed by atoms with Crippen LogP contribution in [-0.4, -0.2) is 35.3 Å². The Kier molecular flexibility index (Phi) is 3.68. The number of fused-ring (bicyclic) bond motifs is 2. The number of amidine groups is 1. The van der Waals surface area contributed by atoms with E-state index in [4.69, 9.17) is 4.99 Å². The summed E-state index contributed by atoms with van der Waals surface area (Å²) >= 11 is 0. The molecule has 2 aromatic rings. The molecule has 1 spiro atoms. The van der Waals surface area contributed by atoms with Crippen LogP contribution >= 0.6 is 0 Å². The summed E-state index contributed by atoms with van der Waals surface area (Å²) in [4.78, 5) is 20.4. The smallest absolute Gasteiger partial charge is 0.253 e. The lowest BCUT2D eigenvalue weighted by Gasteiger charge is -2.25. The number of nitrogens with zero attached hydrogens (tertiary/aromatic N) is 2. The molecule has 26 heavy (non-hydrogen) atoms. The number of carbonyl (C=O) groups excluding carboxylic acids is 1. The number of amides is 1. The Bertz CT molecular complexity index is 848. The second-order valence-electron chi connectivity index (χ2n) is 7.79. The summed E-state index contributed by atoms with van der Waals surface area (Å²) in [7, 11) is 0. The number of carbonyl (C=O) groups is 1. The average Bonchev–Trinajstić information content (AvgIpc) is 3.33. The highest BCUT2D eigenvalue weighted by molar-refractivity contribution is 6.15. The molecule has 1 amide bonds. The summed E-state index contributed by atoms with van der Waals surface area (Å²) < 4.78 is 0. The lowest BCUT2D eigenvalue weighted by atomic mass is 9.85. The molecular weight excluding hydrogens is 322 g/mol. The highest BCUT2D eigenvalue weighted by atomic mass is 16.2. The van der Waals surface area contributed by atoms with Crippen LogP contribution in [0.1, 0.15) is 24.0 Å². The van der Waals surface area contributed by atoms with Gasteiger partial charge in [0.15, 0.2) is 0 Å². The van der Waals surface area contributed by atoms with Crippen molar-refractivity contribution in [3.05, 3.63) is 71.8 Å². The summed E-state index contributed by atoms with van der Waals surface area (Å²) in [6.07, 6.45) is 1.97. The Morgan fingerprint density at radius 1 is 1.04 bits per heavy atom. The maximum atomic E-state index is 12.9.